The summed E-state index contributed by atoms with van der Waals surface area (Å²) >= 11 is 1.83. The summed E-state index contributed by atoms with van der Waals surface area (Å²) < 4.78 is 11.5. The van der Waals surface area contributed by atoms with Crippen molar-refractivity contribution in [2.24, 2.45) is 5.92 Å². The molecular formula is C43H56N4O3S. The standard InChI is InChI=1S/C43H56N4O3S/c1-5-7-11-40-41(45-31-44-40)22-27-51-39-19-15-37(16-20-39)46-43(48)35-10-9-23-47(30-32(3)4)42-21-14-34(28-36(42)29-35)33-12-17-38(18-13-33)50-26-25-49-24-8-6-2/h12-21,28-29,31-32H,5-11,22-27,30H2,1-4H3,(H,44,45)(H,46,48). The first-order chi connectivity index (χ1) is 24.9. The summed E-state index contributed by atoms with van der Waals surface area (Å²) in [6.07, 6.45) is 12.1. The van der Waals surface area contributed by atoms with Crippen molar-refractivity contribution in [2.45, 2.75) is 84.0 Å². The quantitative estimate of drug-likeness (QED) is 0.0746. The Morgan fingerprint density at radius 3 is 2.49 bits per heavy atom. The molecule has 2 N–H and O–H groups in total. The van der Waals surface area contributed by atoms with E-state index in [4.69, 9.17) is 9.47 Å². The largest absolute Gasteiger partial charge is 0.491 e. The summed E-state index contributed by atoms with van der Waals surface area (Å²) in [6, 6.07) is 23.1. The van der Waals surface area contributed by atoms with Crippen molar-refractivity contribution >= 4 is 35.1 Å². The van der Waals surface area contributed by atoms with Gasteiger partial charge in [-0.05, 0) is 116 Å². The second-order valence-electron chi connectivity index (χ2n) is 13.7. The molecule has 8 heteroatoms. The molecule has 4 aromatic rings. The van der Waals surface area contributed by atoms with E-state index in [-0.39, 0.29) is 5.91 Å². The number of unbranched alkanes of at least 4 members (excludes halogenated alkanes) is 2. The SMILES string of the molecule is CCCCOCCOc1ccc(-c2ccc3c(c2)C=C(C(=O)Nc2ccc(SCCc4[nH]cnc4CCCC)cc2)CCCN3CC(C)C)cc1. The van der Waals surface area contributed by atoms with Gasteiger partial charge in [0.25, 0.3) is 5.91 Å². The van der Waals surface area contributed by atoms with Crippen LogP contribution in [0.1, 0.15) is 83.2 Å². The molecule has 0 saturated heterocycles. The number of nitrogens with one attached hydrogen (secondary N) is 2. The predicted molar refractivity (Wildman–Crippen MR) is 214 cm³/mol. The third-order valence-electron chi connectivity index (χ3n) is 9.08. The van der Waals surface area contributed by atoms with Crippen LogP contribution in [0, 0.1) is 5.92 Å². The molecule has 0 aliphatic carbocycles. The van der Waals surface area contributed by atoms with E-state index in [2.05, 4.69) is 96.4 Å². The maximum absolute atomic E-state index is 13.7. The van der Waals surface area contributed by atoms with Gasteiger partial charge in [0.05, 0.1) is 18.6 Å². The number of fused-ring (bicyclic) bond motifs is 1. The third kappa shape index (κ3) is 11.8. The van der Waals surface area contributed by atoms with Crippen LogP contribution in [0.2, 0.25) is 0 Å². The maximum atomic E-state index is 13.7. The zero-order chi connectivity index (χ0) is 35.8. The average molecular weight is 709 g/mol. The van der Waals surface area contributed by atoms with Gasteiger partial charge in [-0.3, -0.25) is 4.79 Å². The van der Waals surface area contributed by atoms with Crippen LogP contribution in [0.3, 0.4) is 0 Å². The van der Waals surface area contributed by atoms with Gasteiger partial charge in [0.1, 0.15) is 12.4 Å². The second-order valence-corrected chi connectivity index (χ2v) is 14.9. The molecule has 51 heavy (non-hydrogen) atoms. The van der Waals surface area contributed by atoms with E-state index in [0.717, 1.165) is 97.7 Å². The number of ether oxygens (including phenoxy) is 2. The van der Waals surface area contributed by atoms with Gasteiger partial charge in [0.2, 0.25) is 0 Å². The Balaban J connectivity index is 1.24. The Labute approximate surface area is 309 Å². The molecule has 1 aromatic heterocycles. The Hall–Kier alpha value is -4.01. The minimum atomic E-state index is -0.0388. The lowest BCUT2D eigenvalue weighted by Crippen LogP contribution is -2.30. The number of hydrogen-bond donors (Lipinski definition) is 2. The fraction of sp³-hybridized carbons (Fsp3) is 0.442. The van der Waals surface area contributed by atoms with Crippen LogP contribution in [0.15, 0.2) is 83.5 Å². The van der Waals surface area contributed by atoms with Crippen LogP contribution in [0.25, 0.3) is 17.2 Å². The van der Waals surface area contributed by atoms with Crippen molar-refractivity contribution in [3.05, 3.63) is 95.6 Å². The Morgan fingerprint density at radius 2 is 1.73 bits per heavy atom. The number of rotatable bonds is 19. The van der Waals surface area contributed by atoms with Crippen LogP contribution in [0.4, 0.5) is 11.4 Å². The molecule has 0 bridgehead atoms. The number of imidazole rings is 1. The monoisotopic (exact) mass is 708 g/mol. The molecule has 5 rings (SSSR count). The number of amides is 1. The number of aryl methyl sites for hydroxylation is 2. The molecule has 7 nitrogen and oxygen atoms in total. The second kappa shape index (κ2) is 20.1. The highest BCUT2D eigenvalue weighted by molar-refractivity contribution is 7.99. The van der Waals surface area contributed by atoms with E-state index in [0.29, 0.717) is 19.1 Å². The Morgan fingerprint density at radius 1 is 0.941 bits per heavy atom. The highest BCUT2D eigenvalue weighted by Crippen LogP contribution is 2.33. The van der Waals surface area contributed by atoms with Crippen molar-refractivity contribution in [1.29, 1.82) is 0 Å². The van der Waals surface area contributed by atoms with Gasteiger partial charge in [-0.15, -0.1) is 11.8 Å². The van der Waals surface area contributed by atoms with Gasteiger partial charge in [0.15, 0.2) is 0 Å². The van der Waals surface area contributed by atoms with Crippen molar-refractivity contribution in [3.63, 3.8) is 0 Å². The summed E-state index contributed by atoms with van der Waals surface area (Å²) in [5, 5.41) is 3.18. The lowest BCUT2D eigenvalue weighted by molar-refractivity contribution is -0.112. The van der Waals surface area contributed by atoms with Crippen LogP contribution in [-0.2, 0) is 22.4 Å². The summed E-state index contributed by atoms with van der Waals surface area (Å²) in [4.78, 5) is 25.2. The number of thioether (sulfide) groups is 1. The molecule has 1 aliphatic rings. The number of aromatic nitrogens is 2. The smallest absolute Gasteiger partial charge is 0.251 e. The summed E-state index contributed by atoms with van der Waals surface area (Å²) in [6.45, 7) is 12.7. The third-order valence-corrected chi connectivity index (χ3v) is 10.1. The summed E-state index contributed by atoms with van der Waals surface area (Å²) in [5.41, 5.74) is 8.54. The number of carbonyl (C=O) groups is 1. The fourth-order valence-corrected chi connectivity index (χ4v) is 7.21. The highest BCUT2D eigenvalue weighted by Gasteiger charge is 2.20. The zero-order valence-electron chi connectivity index (χ0n) is 31.0. The van der Waals surface area contributed by atoms with E-state index < -0.39 is 0 Å². The first-order valence-electron chi connectivity index (χ1n) is 18.9. The molecule has 1 amide bonds. The number of anilines is 2. The minimum absolute atomic E-state index is 0.0388. The van der Waals surface area contributed by atoms with Gasteiger partial charge < -0.3 is 24.7 Å². The van der Waals surface area contributed by atoms with Gasteiger partial charge in [-0.2, -0.15) is 0 Å². The van der Waals surface area contributed by atoms with E-state index in [9.17, 15) is 4.79 Å². The first kappa shape index (κ1) is 38.2. The molecule has 3 aromatic carbocycles. The molecule has 0 radical (unpaired) electrons. The van der Waals surface area contributed by atoms with Crippen LogP contribution < -0.4 is 15.0 Å². The minimum Gasteiger partial charge on any atom is -0.491 e. The predicted octanol–water partition coefficient (Wildman–Crippen LogP) is 10.2. The molecule has 1 aliphatic heterocycles. The maximum Gasteiger partial charge on any atom is 0.251 e. The Kier molecular flexibility index (Phi) is 15.1. The first-order valence-corrected chi connectivity index (χ1v) is 19.9. The molecule has 0 saturated carbocycles. The molecule has 0 spiro atoms. The Bertz CT molecular complexity index is 1680. The molecule has 272 valence electrons. The van der Waals surface area contributed by atoms with Crippen molar-refractivity contribution in [2.75, 3.05) is 48.9 Å². The molecular weight excluding hydrogens is 653 g/mol. The molecule has 0 fully saturated rings. The van der Waals surface area contributed by atoms with Crippen LogP contribution in [0.5, 0.6) is 5.75 Å². The summed E-state index contributed by atoms with van der Waals surface area (Å²) in [7, 11) is 0. The molecule has 2 heterocycles. The molecule has 0 unspecified atom stereocenters. The highest BCUT2D eigenvalue weighted by atomic mass is 32.2. The number of hydrogen-bond acceptors (Lipinski definition) is 6. The number of benzene rings is 3. The number of carbonyl (C=O) groups excluding carboxylic acids is 1. The van der Waals surface area contributed by atoms with E-state index >= 15 is 0 Å². The van der Waals surface area contributed by atoms with Crippen LogP contribution in [-0.4, -0.2) is 54.5 Å². The fourth-order valence-electron chi connectivity index (χ4n) is 6.34. The number of aromatic amines is 1. The number of H-pyrrole nitrogens is 1. The average Bonchev–Trinajstić information content (AvgIpc) is 3.58. The van der Waals surface area contributed by atoms with Gasteiger partial charge in [-0.25, -0.2) is 4.98 Å². The van der Waals surface area contributed by atoms with Gasteiger partial charge >= 0.3 is 0 Å². The van der Waals surface area contributed by atoms with Gasteiger partial charge in [-0.1, -0.05) is 58.7 Å². The summed E-state index contributed by atoms with van der Waals surface area (Å²) in [5.74, 6) is 2.30. The van der Waals surface area contributed by atoms with E-state index in [1.54, 1.807) is 0 Å². The lowest BCUT2D eigenvalue weighted by atomic mass is 9.96. The topological polar surface area (TPSA) is 79.5 Å². The lowest BCUT2D eigenvalue weighted by Gasteiger charge is -2.30. The van der Waals surface area contributed by atoms with E-state index in [1.807, 2.05) is 42.4 Å². The normalized spacial score (nSPS) is 13.0. The van der Waals surface area contributed by atoms with Crippen LogP contribution >= 0.6 is 11.8 Å². The van der Waals surface area contributed by atoms with Crippen molar-refractivity contribution < 1.29 is 14.3 Å². The zero-order valence-corrected chi connectivity index (χ0v) is 31.8. The number of nitrogens with zero attached hydrogens (tertiary/aromatic N) is 2. The van der Waals surface area contributed by atoms with E-state index in [1.165, 1.54) is 34.8 Å². The van der Waals surface area contributed by atoms with Crippen molar-refractivity contribution in [3.8, 4) is 16.9 Å². The van der Waals surface area contributed by atoms with Crippen molar-refractivity contribution in [1.82, 2.24) is 9.97 Å². The molecule has 0 atom stereocenters. The van der Waals surface area contributed by atoms with Gasteiger partial charge in [0, 0.05) is 53.0 Å².